The molecule has 5 unspecified atom stereocenters. The summed E-state index contributed by atoms with van der Waals surface area (Å²) in [6, 6.07) is 0.638. The highest BCUT2D eigenvalue weighted by molar-refractivity contribution is 7.13. The highest BCUT2D eigenvalue weighted by Crippen LogP contribution is 2.52. The Balaban J connectivity index is 1.61. The molecule has 2 saturated carbocycles. The molecule has 1 amide bonds. The first-order valence-electron chi connectivity index (χ1n) is 12.8. The third kappa shape index (κ3) is 3.94. The van der Waals surface area contributed by atoms with E-state index < -0.39 is 64.4 Å². The van der Waals surface area contributed by atoms with Gasteiger partial charge in [-0.2, -0.15) is 0 Å². The van der Waals surface area contributed by atoms with Crippen LogP contribution in [0.5, 0.6) is 5.75 Å². The lowest BCUT2D eigenvalue weighted by molar-refractivity contribution is -0.181. The van der Waals surface area contributed by atoms with Gasteiger partial charge in [-0.25, -0.2) is 4.98 Å². The van der Waals surface area contributed by atoms with E-state index in [9.17, 15) is 34.2 Å². The van der Waals surface area contributed by atoms with Crippen LogP contribution in [0.2, 0.25) is 0 Å². The van der Waals surface area contributed by atoms with E-state index in [0.717, 1.165) is 0 Å². The molecule has 3 aliphatic rings. The van der Waals surface area contributed by atoms with Gasteiger partial charge >= 0.3 is 0 Å². The number of benzene rings is 1. The average molecular weight is 570 g/mol. The summed E-state index contributed by atoms with van der Waals surface area (Å²) in [6.07, 6.45) is 1.84. The molecule has 13 heteroatoms. The number of hydrogen-bond donors (Lipinski definition) is 4. The summed E-state index contributed by atoms with van der Waals surface area (Å²) in [5, 5.41) is 28.5. The first-order chi connectivity index (χ1) is 18.8. The number of aromatic nitrogens is 1. The summed E-state index contributed by atoms with van der Waals surface area (Å²) in [7, 11) is 6.71. The van der Waals surface area contributed by atoms with Crippen LogP contribution in [0.15, 0.2) is 17.6 Å². The Morgan fingerprint density at radius 1 is 1.20 bits per heavy atom. The number of nitrogens with one attached hydrogen (secondary N) is 1. The predicted molar refractivity (Wildman–Crippen MR) is 145 cm³/mol. The van der Waals surface area contributed by atoms with Gasteiger partial charge in [0.2, 0.25) is 5.91 Å². The summed E-state index contributed by atoms with van der Waals surface area (Å²) >= 11 is 1.37. The highest BCUT2D eigenvalue weighted by Gasteiger charge is 2.69. The van der Waals surface area contributed by atoms with Gasteiger partial charge in [-0.15, -0.1) is 11.3 Å². The molecule has 1 aromatic heterocycles. The lowest BCUT2D eigenvalue weighted by Gasteiger charge is -2.52. The smallest absolute Gasteiger partial charge is 0.235 e. The second-order valence-corrected chi connectivity index (χ2v) is 12.0. The number of carbonyl (C=O) groups excluding carboxylic acids is 5. The van der Waals surface area contributed by atoms with Crippen LogP contribution in [0.25, 0.3) is 0 Å². The number of phenolic OH excluding ortho intramolecular Hbond substituents is 1. The summed E-state index contributed by atoms with van der Waals surface area (Å²) in [6.45, 7) is 0.153. The van der Waals surface area contributed by atoms with Crippen molar-refractivity contribution < 1.29 is 34.2 Å². The summed E-state index contributed by atoms with van der Waals surface area (Å²) < 4.78 is 0. The van der Waals surface area contributed by atoms with E-state index in [1.54, 1.807) is 45.8 Å². The van der Waals surface area contributed by atoms with Crippen molar-refractivity contribution in [2.45, 2.75) is 31.0 Å². The maximum absolute atomic E-state index is 14.0. The number of nitrogens with zero attached hydrogens (tertiary/aromatic N) is 3. The lowest BCUT2D eigenvalue weighted by Crippen LogP contribution is -2.74. The highest BCUT2D eigenvalue weighted by atomic mass is 32.1. The van der Waals surface area contributed by atoms with E-state index >= 15 is 0 Å². The van der Waals surface area contributed by atoms with Gasteiger partial charge in [-0.05, 0) is 44.5 Å². The Kier molecular flexibility index (Phi) is 6.79. The number of hydrogen-bond acceptors (Lipinski definition) is 12. The SMILES string of the molecule is CN(C)c1cc(CNc2nccs2)c(O)c2c1CC1CC3C(N(C)C)C(=O)C(C(N)=O)C(=O)[C@@]3(O)C(=O)C1C2=O. The molecule has 0 bridgehead atoms. The molecule has 0 saturated heterocycles. The standard InChI is InChI=1S/C27H31N5O7S/c1-31(2)15-9-12(10-30-26-29-5-6-40-26)20(33)17-13(15)7-11-8-14-19(32(3)4)22(35)18(25(28)38)24(37)27(14,39)23(36)16(11)21(17)34/h5-6,9,11,14,16,18-19,33,39H,7-8,10H2,1-4H3,(H2,28,38)(H,29,30)/t11?,14?,16?,18?,19?,27-/m0/s1. The van der Waals surface area contributed by atoms with E-state index in [4.69, 9.17) is 5.73 Å². The number of aromatic hydroxyl groups is 1. The number of carbonyl (C=O) groups is 5. The molecular weight excluding hydrogens is 538 g/mol. The largest absolute Gasteiger partial charge is 0.507 e. The van der Waals surface area contributed by atoms with E-state index in [-0.39, 0.29) is 30.7 Å². The Morgan fingerprint density at radius 2 is 1.90 bits per heavy atom. The van der Waals surface area contributed by atoms with E-state index in [1.165, 1.54) is 16.2 Å². The van der Waals surface area contributed by atoms with Crippen LogP contribution in [0.3, 0.4) is 0 Å². The molecule has 40 heavy (non-hydrogen) atoms. The first-order valence-corrected chi connectivity index (χ1v) is 13.7. The normalized spacial score (nSPS) is 29.6. The zero-order valence-corrected chi connectivity index (χ0v) is 23.3. The van der Waals surface area contributed by atoms with Gasteiger partial charge in [-0.3, -0.25) is 28.9 Å². The maximum atomic E-state index is 14.0. The summed E-state index contributed by atoms with van der Waals surface area (Å²) in [5.41, 5.74) is 4.22. The molecule has 3 aliphatic carbocycles. The summed E-state index contributed by atoms with van der Waals surface area (Å²) in [5.74, 6) is -10.6. The number of nitrogens with two attached hydrogens (primary N) is 1. The molecule has 2 fully saturated rings. The summed E-state index contributed by atoms with van der Waals surface area (Å²) in [4.78, 5) is 74.2. The van der Waals surface area contributed by atoms with Gasteiger partial charge < -0.3 is 26.2 Å². The van der Waals surface area contributed by atoms with Crippen molar-refractivity contribution in [3.63, 3.8) is 0 Å². The van der Waals surface area contributed by atoms with E-state index in [1.807, 2.05) is 4.90 Å². The van der Waals surface area contributed by atoms with Crippen LogP contribution in [-0.2, 0) is 32.1 Å². The quantitative estimate of drug-likeness (QED) is 0.344. The molecule has 1 heterocycles. The van der Waals surface area contributed by atoms with Crippen LogP contribution in [0, 0.1) is 23.7 Å². The number of amides is 1. The zero-order valence-electron chi connectivity index (χ0n) is 22.5. The van der Waals surface area contributed by atoms with Crippen LogP contribution in [0.1, 0.15) is 27.9 Å². The number of likely N-dealkylation sites (N-methyl/N-ethyl adjacent to an activating group) is 1. The van der Waals surface area contributed by atoms with Crippen molar-refractivity contribution in [2.24, 2.45) is 29.4 Å². The Hall–Kier alpha value is -3.68. The topological polar surface area (TPSA) is 183 Å². The molecule has 0 spiro atoms. The van der Waals surface area contributed by atoms with Crippen LogP contribution in [-0.4, -0.2) is 89.0 Å². The van der Waals surface area contributed by atoms with Crippen molar-refractivity contribution in [3.8, 4) is 5.75 Å². The second kappa shape index (κ2) is 9.75. The molecule has 5 rings (SSSR count). The molecule has 2 aromatic rings. The number of aliphatic hydroxyl groups is 1. The predicted octanol–water partition coefficient (Wildman–Crippen LogP) is 0.00160. The lowest BCUT2D eigenvalue weighted by atomic mass is 9.52. The fourth-order valence-corrected chi connectivity index (χ4v) is 7.25. The molecule has 5 N–H and O–H groups in total. The van der Waals surface area contributed by atoms with Crippen molar-refractivity contribution in [1.82, 2.24) is 9.88 Å². The Bertz CT molecular complexity index is 1440. The van der Waals surface area contributed by atoms with Crippen LogP contribution >= 0.6 is 11.3 Å². The Morgan fingerprint density at radius 3 is 2.48 bits per heavy atom. The molecular formula is C27H31N5O7S. The van der Waals surface area contributed by atoms with E-state index in [2.05, 4.69) is 10.3 Å². The zero-order chi connectivity index (χ0) is 29.3. The van der Waals surface area contributed by atoms with Gasteiger partial charge in [0, 0.05) is 49.4 Å². The van der Waals surface area contributed by atoms with Gasteiger partial charge in [-0.1, -0.05) is 0 Å². The number of primary amides is 1. The molecule has 0 aliphatic heterocycles. The minimum Gasteiger partial charge on any atom is -0.507 e. The molecule has 12 nitrogen and oxygen atoms in total. The van der Waals surface area contributed by atoms with Crippen molar-refractivity contribution in [2.75, 3.05) is 38.4 Å². The van der Waals surface area contributed by atoms with Gasteiger partial charge in [0.15, 0.2) is 39.8 Å². The minimum atomic E-state index is -2.75. The molecule has 212 valence electrons. The van der Waals surface area contributed by atoms with E-state index in [0.29, 0.717) is 21.9 Å². The monoisotopic (exact) mass is 569 g/mol. The number of thiazole rings is 1. The minimum absolute atomic E-state index is 0.00484. The number of fused-ring (bicyclic) bond motifs is 3. The fourth-order valence-electron chi connectivity index (χ4n) is 6.72. The van der Waals surface area contributed by atoms with Gasteiger partial charge in [0.25, 0.3) is 0 Å². The third-order valence-corrected chi connectivity index (χ3v) is 9.19. The second-order valence-electron chi connectivity index (χ2n) is 11.1. The van der Waals surface area contributed by atoms with Gasteiger partial charge in [0.1, 0.15) is 5.75 Å². The number of anilines is 2. The number of phenols is 1. The van der Waals surface area contributed by atoms with Crippen molar-refractivity contribution in [1.29, 1.82) is 0 Å². The van der Waals surface area contributed by atoms with Crippen molar-refractivity contribution >= 4 is 51.2 Å². The Labute approximate surface area is 234 Å². The van der Waals surface area contributed by atoms with Crippen LogP contribution in [0.4, 0.5) is 10.8 Å². The van der Waals surface area contributed by atoms with Crippen LogP contribution < -0.4 is 16.0 Å². The molecule has 0 radical (unpaired) electrons. The number of ketones is 4. The third-order valence-electron chi connectivity index (χ3n) is 8.46. The maximum Gasteiger partial charge on any atom is 0.235 e. The fraction of sp³-hybridized carbons (Fsp3) is 0.481. The molecule has 6 atom stereocenters. The number of Topliss-reactive ketones (excluding diaryl/α,β-unsaturated/α-hetero) is 4. The van der Waals surface area contributed by atoms with Crippen molar-refractivity contribution in [3.05, 3.63) is 34.3 Å². The van der Waals surface area contributed by atoms with Gasteiger partial charge in [0.05, 0.1) is 17.5 Å². The molecule has 1 aromatic carbocycles. The average Bonchev–Trinajstić information content (AvgIpc) is 3.39. The first kappa shape index (κ1) is 27.9. The number of rotatable bonds is 6.